The molecular formula is C10H8ClNO2S. The SMILES string of the molecule is O=C1CC(S)C(=O)N1c1cccc(Cl)c1. The molecule has 1 aromatic carbocycles. The summed E-state index contributed by atoms with van der Waals surface area (Å²) in [6.07, 6.45) is 0.147. The van der Waals surface area contributed by atoms with Crippen LogP contribution in [0, 0.1) is 0 Å². The molecule has 2 amide bonds. The Balaban J connectivity index is 2.39. The third kappa shape index (κ3) is 1.87. The van der Waals surface area contributed by atoms with Gasteiger partial charge in [-0.2, -0.15) is 12.6 Å². The minimum Gasteiger partial charge on any atom is -0.274 e. The number of carbonyl (C=O) groups excluding carboxylic acids is 2. The van der Waals surface area contributed by atoms with Gasteiger partial charge in [0.05, 0.1) is 10.9 Å². The number of hydrogen-bond donors (Lipinski definition) is 1. The summed E-state index contributed by atoms with van der Waals surface area (Å²) in [4.78, 5) is 24.3. The molecule has 0 bridgehead atoms. The van der Waals surface area contributed by atoms with E-state index in [0.29, 0.717) is 10.7 Å². The van der Waals surface area contributed by atoms with Gasteiger partial charge in [-0.1, -0.05) is 17.7 Å². The first kappa shape index (κ1) is 10.5. The fourth-order valence-electron chi connectivity index (χ4n) is 1.50. The lowest BCUT2D eigenvalue weighted by molar-refractivity contribution is -0.121. The minimum absolute atomic E-state index is 0.147. The summed E-state index contributed by atoms with van der Waals surface area (Å²) >= 11 is 9.82. The molecule has 1 unspecified atom stereocenters. The highest BCUT2D eigenvalue weighted by Crippen LogP contribution is 2.27. The molecule has 15 heavy (non-hydrogen) atoms. The van der Waals surface area contributed by atoms with E-state index in [1.54, 1.807) is 24.3 Å². The molecule has 1 heterocycles. The summed E-state index contributed by atoms with van der Waals surface area (Å²) in [5, 5.41) is -0.0350. The predicted molar refractivity (Wildman–Crippen MR) is 61.3 cm³/mol. The number of carbonyl (C=O) groups is 2. The predicted octanol–water partition coefficient (Wildman–Crippen LogP) is 1.90. The quantitative estimate of drug-likeness (QED) is 0.602. The van der Waals surface area contributed by atoms with Gasteiger partial charge in [0.25, 0.3) is 0 Å². The number of hydrogen-bond acceptors (Lipinski definition) is 3. The lowest BCUT2D eigenvalue weighted by atomic mass is 10.3. The van der Waals surface area contributed by atoms with Crippen molar-refractivity contribution in [2.24, 2.45) is 0 Å². The van der Waals surface area contributed by atoms with Crippen LogP contribution < -0.4 is 4.90 Å². The normalized spacial score (nSPS) is 21.2. The van der Waals surface area contributed by atoms with Crippen LogP contribution in [-0.4, -0.2) is 17.1 Å². The Bertz CT molecular complexity index is 435. The van der Waals surface area contributed by atoms with Gasteiger partial charge in [0.1, 0.15) is 0 Å². The van der Waals surface area contributed by atoms with Gasteiger partial charge in [-0.3, -0.25) is 9.59 Å². The molecule has 1 aliphatic heterocycles. The standard InChI is InChI=1S/C10H8ClNO2S/c11-6-2-1-3-7(4-6)12-9(13)5-8(15)10(12)14/h1-4,8,15H,5H2. The summed E-state index contributed by atoms with van der Waals surface area (Å²) in [6.45, 7) is 0. The zero-order valence-electron chi connectivity index (χ0n) is 7.68. The van der Waals surface area contributed by atoms with E-state index in [-0.39, 0.29) is 18.2 Å². The second-order valence-corrected chi connectivity index (χ2v) is 4.33. The van der Waals surface area contributed by atoms with Crippen LogP contribution in [0.3, 0.4) is 0 Å². The molecule has 5 heteroatoms. The van der Waals surface area contributed by atoms with Gasteiger partial charge in [-0.05, 0) is 18.2 Å². The van der Waals surface area contributed by atoms with Gasteiger partial charge >= 0.3 is 0 Å². The molecule has 1 saturated heterocycles. The van der Waals surface area contributed by atoms with Crippen molar-refractivity contribution in [2.45, 2.75) is 11.7 Å². The molecular weight excluding hydrogens is 234 g/mol. The van der Waals surface area contributed by atoms with Gasteiger partial charge in [0.15, 0.2) is 0 Å². The van der Waals surface area contributed by atoms with E-state index in [4.69, 9.17) is 11.6 Å². The summed E-state index contributed by atoms with van der Waals surface area (Å²) in [6, 6.07) is 6.65. The summed E-state index contributed by atoms with van der Waals surface area (Å²) < 4.78 is 0. The van der Waals surface area contributed by atoms with Gasteiger partial charge < -0.3 is 0 Å². The molecule has 0 spiro atoms. The van der Waals surface area contributed by atoms with Crippen molar-refractivity contribution in [3.8, 4) is 0 Å². The molecule has 0 aliphatic carbocycles. The highest BCUT2D eigenvalue weighted by molar-refractivity contribution is 7.82. The monoisotopic (exact) mass is 241 g/mol. The average Bonchev–Trinajstić information content (AvgIpc) is 2.41. The lowest BCUT2D eigenvalue weighted by Gasteiger charge is -2.13. The second kappa shape index (κ2) is 3.87. The maximum absolute atomic E-state index is 11.6. The molecule has 3 nitrogen and oxygen atoms in total. The van der Waals surface area contributed by atoms with Crippen LogP contribution in [0.5, 0.6) is 0 Å². The molecule has 0 aromatic heterocycles. The zero-order chi connectivity index (χ0) is 11.0. The number of rotatable bonds is 1. The maximum atomic E-state index is 11.6. The third-order valence-electron chi connectivity index (χ3n) is 2.19. The molecule has 1 fully saturated rings. The summed E-state index contributed by atoms with van der Waals surface area (Å²) in [5.41, 5.74) is 0.508. The van der Waals surface area contributed by atoms with Gasteiger partial charge in [-0.15, -0.1) is 0 Å². The number of amides is 2. The Hall–Kier alpha value is -1.00. The summed E-state index contributed by atoms with van der Waals surface area (Å²) in [7, 11) is 0. The molecule has 0 saturated carbocycles. The number of anilines is 1. The highest BCUT2D eigenvalue weighted by atomic mass is 35.5. The fourth-order valence-corrected chi connectivity index (χ4v) is 1.96. The zero-order valence-corrected chi connectivity index (χ0v) is 9.33. The van der Waals surface area contributed by atoms with Crippen LogP contribution >= 0.6 is 24.2 Å². The first-order chi connectivity index (χ1) is 7.09. The Kier molecular flexibility index (Phi) is 2.71. The molecule has 78 valence electrons. The fraction of sp³-hybridized carbons (Fsp3) is 0.200. The summed E-state index contributed by atoms with van der Waals surface area (Å²) in [5.74, 6) is -0.520. The number of thiol groups is 1. The van der Waals surface area contributed by atoms with E-state index in [0.717, 1.165) is 4.90 Å². The molecule has 0 radical (unpaired) electrons. The van der Waals surface area contributed by atoms with Crippen LogP contribution in [0.1, 0.15) is 6.42 Å². The topological polar surface area (TPSA) is 37.4 Å². The van der Waals surface area contributed by atoms with E-state index in [9.17, 15) is 9.59 Å². The molecule has 0 N–H and O–H groups in total. The molecule has 2 rings (SSSR count). The van der Waals surface area contributed by atoms with Crippen molar-refractivity contribution in [3.63, 3.8) is 0 Å². The molecule has 1 aliphatic rings. The first-order valence-electron chi connectivity index (χ1n) is 4.40. The van der Waals surface area contributed by atoms with Crippen molar-refractivity contribution in [3.05, 3.63) is 29.3 Å². The average molecular weight is 242 g/mol. The van der Waals surface area contributed by atoms with E-state index in [1.165, 1.54) is 0 Å². The number of nitrogens with zero attached hydrogens (tertiary/aromatic N) is 1. The van der Waals surface area contributed by atoms with Crippen molar-refractivity contribution in [1.82, 2.24) is 0 Å². The molecule has 1 atom stereocenters. The van der Waals surface area contributed by atoms with Crippen LogP contribution in [0.4, 0.5) is 5.69 Å². The Labute approximate surface area is 97.4 Å². The minimum atomic E-state index is -0.531. The number of benzene rings is 1. The largest absolute Gasteiger partial charge is 0.274 e. The molecule has 1 aromatic rings. The van der Waals surface area contributed by atoms with Gasteiger partial charge in [0.2, 0.25) is 11.8 Å². The van der Waals surface area contributed by atoms with Crippen LogP contribution in [-0.2, 0) is 9.59 Å². The van der Waals surface area contributed by atoms with Crippen molar-refractivity contribution in [1.29, 1.82) is 0 Å². The van der Waals surface area contributed by atoms with E-state index >= 15 is 0 Å². The Morgan fingerprint density at radius 2 is 2.13 bits per heavy atom. The lowest BCUT2D eigenvalue weighted by Crippen LogP contribution is -2.30. The van der Waals surface area contributed by atoms with Crippen LogP contribution in [0.25, 0.3) is 0 Å². The van der Waals surface area contributed by atoms with E-state index in [1.807, 2.05) is 0 Å². The smallest absolute Gasteiger partial charge is 0.247 e. The Morgan fingerprint density at radius 1 is 1.40 bits per heavy atom. The second-order valence-electron chi connectivity index (χ2n) is 3.27. The first-order valence-corrected chi connectivity index (χ1v) is 5.29. The van der Waals surface area contributed by atoms with E-state index < -0.39 is 5.25 Å². The van der Waals surface area contributed by atoms with Crippen molar-refractivity contribution < 1.29 is 9.59 Å². The third-order valence-corrected chi connectivity index (χ3v) is 2.83. The van der Waals surface area contributed by atoms with Gasteiger partial charge in [-0.25, -0.2) is 4.90 Å². The van der Waals surface area contributed by atoms with Crippen molar-refractivity contribution in [2.75, 3.05) is 4.90 Å². The van der Waals surface area contributed by atoms with E-state index in [2.05, 4.69) is 12.6 Å². The van der Waals surface area contributed by atoms with Crippen LogP contribution in [0.15, 0.2) is 24.3 Å². The number of halogens is 1. The van der Waals surface area contributed by atoms with Crippen LogP contribution in [0.2, 0.25) is 5.02 Å². The van der Waals surface area contributed by atoms with Gasteiger partial charge in [0, 0.05) is 11.4 Å². The van der Waals surface area contributed by atoms with Crippen molar-refractivity contribution >= 4 is 41.7 Å². The Morgan fingerprint density at radius 3 is 2.67 bits per heavy atom. The maximum Gasteiger partial charge on any atom is 0.247 e. The number of imide groups is 1. The highest BCUT2D eigenvalue weighted by Gasteiger charge is 2.37.